The quantitative estimate of drug-likeness (QED) is 0.476. The highest BCUT2D eigenvalue weighted by Crippen LogP contribution is 2.15. The number of hydrogen-bond donors (Lipinski definition) is 1. The highest BCUT2D eigenvalue weighted by atomic mass is 127. The summed E-state index contributed by atoms with van der Waals surface area (Å²) in [6.45, 7) is 5.74. The van der Waals surface area contributed by atoms with Crippen molar-refractivity contribution in [2.24, 2.45) is 0 Å². The topological polar surface area (TPSA) is 32.3 Å². The molecule has 0 aliphatic rings. The van der Waals surface area contributed by atoms with Gasteiger partial charge in [-0.15, -0.1) is 16.9 Å². The molecule has 1 rings (SSSR count). The summed E-state index contributed by atoms with van der Waals surface area (Å²) in [5.74, 6) is -0.199. The third kappa shape index (κ3) is 4.99. The second-order valence-electron chi connectivity index (χ2n) is 4.37. The van der Waals surface area contributed by atoms with E-state index in [9.17, 15) is 4.79 Å². The van der Waals surface area contributed by atoms with Crippen LogP contribution in [0, 0.1) is 3.57 Å². The average Bonchev–Trinajstić information content (AvgIpc) is 2.16. The molecule has 0 saturated carbocycles. The first-order valence-electron chi connectivity index (χ1n) is 4.84. The van der Waals surface area contributed by atoms with Gasteiger partial charge < -0.3 is 0 Å². The highest BCUT2D eigenvalue weighted by molar-refractivity contribution is 14.1. The summed E-state index contributed by atoms with van der Waals surface area (Å²) in [6, 6.07) is 7.36. The number of amides is 1. The molecule has 0 bridgehead atoms. The molecule has 0 aromatic heterocycles. The van der Waals surface area contributed by atoms with Crippen molar-refractivity contribution in [2.45, 2.75) is 26.3 Å². The molecular formula is C11H15Cl2IN2O. The largest absolute Gasteiger partial charge is 0.270 e. The van der Waals surface area contributed by atoms with Gasteiger partial charge in [-0.25, -0.2) is 0 Å². The minimum absolute atomic E-state index is 0. The van der Waals surface area contributed by atoms with Crippen LogP contribution >= 0.6 is 46.8 Å². The maximum absolute atomic E-state index is 11.9. The van der Waals surface area contributed by atoms with Crippen molar-refractivity contribution in [2.75, 3.05) is 0 Å². The van der Waals surface area contributed by atoms with E-state index in [1.165, 1.54) is 4.53 Å². The Bertz CT molecular complexity index is 393. The van der Waals surface area contributed by atoms with Gasteiger partial charge in [-0.3, -0.25) is 10.2 Å². The third-order valence-corrected chi connectivity index (χ3v) is 3.44. The lowest BCUT2D eigenvalue weighted by atomic mass is 10.1. The van der Waals surface area contributed by atoms with E-state index < -0.39 is 0 Å². The molecule has 0 fully saturated rings. The van der Waals surface area contributed by atoms with Crippen LogP contribution in [0.2, 0.25) is 0 Å². The summed E-state index contributed by atoms with van der Waals surface area (Å²) in [6.07, 6.45) is 0. The minimum Gasteiger partial charge on any atom is -0.270 e. The van der Waals surface area contributed by atoms with E-state index in [1.807, 2.05) is 39.0 Å². The van der Waals surface area contributed by atoms with E-state index in [0.717, 1.165) is 3.57 Å². The summed E-state index contributed by atoms with van der Waals surface area (Å²) >= 11 is 8.07. The van der Waals surface area contributed by atoms with Crippen LogP contribution in [-0.4, -0.2) is 16.0 Å². The molecule has 0 radical (unpaired) electrons. The van der Waals surface area contributed by atoms with Crippen molar-refractivity contribution < 1.29 is 4.79 Å². The molecule has 1 aromatic carbocycles. The van der Waals surface area contributed by atoms with Crippen LogP contribution in [0.15, 0.2) is 24.3 Å². The fourth-order valence-corrected chi connectivity index (χ4v) is 1.67. The molecule has 3 nitrogen and oxygen atoms in total. The van der Waals surface area contributed by atoms with Crippen molar-refractivity contribution in [3.8, 4) is 0 Å². The van der Waals surface area contributed by atoms with Gasteiger partial charge in [0.15, 0.2) is 0 Å². The molecule has 1 aromatic rings. The van der Waals surface area contributed by atoms with Gasteiger partial charge in [0.25, 0.3) is 5.91 Å². The standard InChI is InChI=1S/C11H14ClIN2O.ClH/c1-11(2,3)15(12)14-10(16)8-6-4-5-7-9(8)13;/h4-7H,1-3H3,(H,14,16);1H. The molecule has 0 heterocycles. The lowest BCUT2D eigenvalue weighted by Crippen LogP contribution is -2.46. The summed E-state index contributed by atoms with van der Waals surface area (Å²) < 4.78 is 2.19. The second-order valence-corrected chi connectivity index (χ2v) is 5.87. The maximum atomic E-state index is 11.9. The number of rotatable bonds is 2. The molecule has 0 aliphatic carbocycles. The van der Waals surface area contributed by atoms with E-state index in [0.29, 0.717) is 5.56 Å². The maximum Gasteiger partial charge on any atom is 0.267 e. The summed E-state index contributed by atoms with van der Waals surface area (Å²) in [4.78, 5) is 11.9. The van der Waals surface area contributed by atoms with Crippen molar-refractivity contribution in [1.82, 2.24) is 9.95 Å². The number of carbonyl (C=O) groups is 1. The smallest absolute Gasteiger partial charge is 0.267 e. The van der Waals surface area contributed by atoms with Crippen LogP contribution in [0.3, 0.4) is 0 Å². The van der Waals surface area contributed by atoms with Crippen LogP contribution in [-0.2, 0) is 0 Å². The average molecular weight is 389 g/mol. The van der Waals surface area contributed by atoms with Gasteiger partial charge in [0, 0.05) is 20.9 Å². The van der Waals surface area contributed by atoms with Crippen LogP contribution < -0.4 is 5.43 Å². The molecule has 17 heavy (non-hydrogen) atoms. The number of carbonyl (C=O) groups excluding carboxylic acids is 1. The third-order valence-electron chi connectivity index (χ3n) is 1.91. The van der Waals surface area contributed by atoms with Gasteiger partial charge in [-0.05, 0) is 55.5 Å². The first kappa shape index (κ1) is 17.0. The molecule has 1 amide bonds. The van der Waals surface area contributed by atoms with E-state index in [-0.39, 0.29) is 23.9 Å². The van der Waals surface area contributed by atoms with Gasteiger partial charge in [0.1, 0.15) is 0 Å². The van der Waals surface area contributed by atoms with Gasteiger partial charge in [-0.1, -0.05) is 12.1 Å². The fourth-order valence-electron chi connectivity index (χ4n) is 0.962. The molecule has 6 heteroatoms. The summed E-state index contributed by atoms with van der Waals surface area (Å²) in [5, 5.41) is 0. The predicted molar refractivity (Wildman–Crippen MR) is 81.3 cm³/mol. The number of halogens is 3. The summed E-state index contributed by atoms with van der Waals surface area (Å²) in [5.41, 5.74) is 2.93. The zero-order valence-corrected chi connectivity index (χ0v) is 13.6. The van der Waals surface area contributed by atoms with E-state index in [2.05, 4.69) is 28.0 Å². The molecule has 0 aliphatic heterocycles. The lowest BCUT2D eigenvalue weighted by molar-refractivity contribution is 0.0805. The predicted octanol–water partition coefficient (Wildman–Crippen LogP) is 3.61. The number of hydrazine groups is 1. The zero-order chi connectivity index (χ0) is 12.3. The Kier molecular flexibility index (Phi) is 6.76. The van der Waals surface area contributed by atoms with Crippen molar-refractivity contribution in [1.29, 1.82) is 0 Å². The highest BCUT2D eigenvalue weighted by Gasteiger charge is 2.22. The number of nitrogens with zero attached hydrogens (tertiary/aromatic N) is 1. The van der Waals surface area contributed by atoms with Gasteiger partial charge >= 0.3 is 0 Å². The van der Waals surface area contributed by atoms with Crippen molar-refractivity contribution in [3.05, 3.63) is 33.4 Å². The molecular weight excluding hydrogens is 374 g/mol. The van der Waals surface area contributed by atoms with Crippen LogP contribution in [0.4, 0.5) is 0 Å². The number of hydrogen-bond acceptors (Lipinski definition) is 2. The zero-order valence-electron chi connectivity index (χ0n) is 9.83. The Morgan fingerprint density at radius 2 is 1.88 bits per heavy atom. The normalized spacial score (nSPS) is 10.9. The van der Waals surface area contributed by atoms with Gasteiger partial charge in [0.2, 0.25) is 0 Å². The van der Waals surface area contributed by atoms with Crippen LogP contribution in [0.5, 0.6) is 0 Å². The Balaban J connectivity index is 0.00000256. The van der Waals surface area contributed by atoms with Crippen LogP contribution in [0.1, 0.15) is 31.1 Å². The molecule has 0 unspecified atom stereocenters. The van der Waals surface area contributed by atoms with Crippen molar-refractivity contribution in [3.63, 3.8) is 0 Å². The molecule has 0 spiro atoms. The Labute approximate surface area is 127 Å². The Hall–Kier alpha value is -0.0400. The van der Waals surface area contributed by atoms with Crippen molar-refractivity contribution >= 4 is 52.7 Å². The monoisotopic (exact) mass is 388 g/mol. The molecule has 0 saturated heterocycles. The molecule has 1 N–H and O–H groups in total. The first-order valence-corrected chi connectivity index (χ1v) is 6.25. The SMILES string of the molecule is CC(C)(C)N(Cl)NC(=O)c1ccccc1I.Cl. The second kappa shape index (κ2) is 6.78. The Morgan fingerprint density at radius 3 is 2.35 bits per heavy atom. The lowest BCUT2D eigenvalue weighted by Gasteiger charge is -2.28. The van der Waals surface area contributed by atoms with Crippen LogP contribution in [0.25, 0.3) is 0 Å². The Morgan fingerprint density at radius 1 is 1.35 bits per heavy atom. The van der Waals surface area contributed by atoms with E-state index in [4.69, 9.17) is 11.8 Å². The number of nitrogens with one attached hydrogen (secondary N) is 1. The van der Waals surface area contributed by atoms with E-state index in [1.54, 1.807) is 6.07 Å². The first-order chi connectivity index (χ1) is 7.32. The van der Waals surface area contributed by atoms with Gasteiger partial charge in [0.05, 0.1) is 5.56 Å². The van der Waals surface area contributed by atoms with E-state index >= 15 is 0 Å². The molecule has 96 valence electrons. The molecule has 0 atom stereocenters. The van der Waals surface area contributed by atoms with Gasteiger partial charge in [-0.2, -0.15) is 0 Å². The summed E-state index contributed by atoms with van der Waals surface area (Å²) in [7, 11) is 0. The fraction of sp³-hybridized carbons (Fsp3) is 0.364. The number of benzene rings is 1. The minimum atomic E-state index is -0.322.